The zero-order valence-corrected chi connectivity index (χ0v) is 12.6. The van der Waals surface area contributed by atoms with Gasteiger partial charge in [0.1, 0.15) is 5.01 Å². The summed E-state index contributed by atoms with van der Waals surface area (Å²) in [6.45, 7) is 2.96. The van der Waals surface area contributed by atoms with Gasteiger partial charge in [-0.15, -0.1) is 11.3 Å². The monoisotopic (exact) mass is 302 g/mol. The van der Waals surface area contributed by atoms with E-state index in [4.69, 9.17) is 5.11 Å². The molecule has 0 saturated carbocycles. The molecular formula is C16H18N2O2S. The molecule has 1 aliphatic rings. The van der Waals surface area contributed by atoms with Crippen molar-refractivity contribution in [2.24, 2.45) is 0 Å². The fourth-order valence-electron chi connectivity index (χ4n) is 2.92. The minimum atomic E-state index is -0.854. The van der Waals surface area contributed by atoms with Crippen LogP contribution in [0.4, 0.5) is 0 Å². The van der Waals surface area contributed by atoms with Crippen molar-refractivity contribution in [3.63, 3.8) is 0 Å². The number of carboxylic acid groups (broad SMARTS) is 1. The summed E-state index contributed by atoms with van der Waals surface area (Å²) in [7, 11) is 0. The molecule has 0 bridgehead atoms. The van der Waals surface area contributed by atoms with Crippen LogP contribution in [0.3, 0.4) is 0 Å². The van der Waals surface area contributed by atoms with Crippen LogP contribution in [0.2, 0.25) is 0 Å². The summed E-state index contributed by atoms with van der Waals surface area (Å²) in [5.74, 6) is -0.440. The van der Waals surface area contributed by atoms with Gasteiger partial charge >= 0.3 is 5.97 Å². The van der Waals surface area contributed by atoms with Crippen molar-refractivity contribution in [1.82, 2.24) is 9.88 Å². The number of rotatable bonds is 4. The first-order valence-corrected chi connectivity index (χ1v) is 8.04. The summed E-state index contributed by atoms with van der Waals surface area (Å²) in [6.07, 6.45) is 4.11. The Balaban J connectivity index is 1.70. The lowest BCUT2D eigenvalue weighted by molar-refractivity contribution is 0.0696. The highest BCUT2D eigenvalue weighted by atomic mass is 32.1. The minimum Gasteiger partial charge on any atom is -0.478 e. The molecule has 1 atom stereocenters. The van der Waals surface area contributed by atoms with Gasteiger partial charge in [-0.3, -0.25) is 4.90 Å². The zero-order valence-electron chi connectivity index (χ0n) is 11.7. The Morgan fingerprint density at radius 2 is 2.38 bits per heavy atom. The van der Waals surface area contributed by atoms with Gasteiger partial charge < -0.3 is 5.11 Å². The zero-order chi connectivity index (χ0) is 14.7. The quantitative estimate of drug-likeness (QED) is 0.942. The Labute approximate surface area is 128 Å². The average molecular weight is 302 g/mol. The van der Waals surface area contributed by atoms with E-state index >= 15 is 0 Å². The second-order valence-electron chi connectivity index (χ2n) is 5.43. The number of nitrogens with zero attached hydrogens (tertiary/aromatic N) is 2. The number of carboxylic acids is 1. The van der Waals surface area contributed by atoms with Crippen molar-refractivity contribution in [2.75, 3.05) is 13.1 Å². The highest BCUT2D eigenvalue weighted by Crippen LogP contribution is 2.28. The molecule has 3 rings (SSSR count). The summed E-state index contributed by atoms with van der Waals surface area (Å²) in [4.78, 5) is 17.9. The second-order valence-corrected chi connectivity index (χ2v) is 6.41. The SMILES string of the molecule is O=C(O)c1cccc([C@@H]2CCCN(Cc3nccs3)C2)c1. The number of aromatic carboxylic acids is 1. The van der Waals surface area contributed by atoms with E-state index < -0.39 is 5.97 Å². The van der Waals surface area contributed by atoms with E-state index in [9.17, 15) is 4.79 Å². The second kappa shape index (κ2) is 6.37. The number of hydrogen-bond acceptors (Lipinski definition) is 4. The third-order valence-corrected chi connectivity index (χ3v) is 4.72. The molecule has 110 valence electrons. The van der Waals surface area contributed by atoms with Gasteiger partial charge in [-0.05, 0) is 43.0 Å². The van der Waals surface area contributed by atoms with Crippen molar-refractivity contribution in [3.05, 3.63) is 52.0 Å². The van der Waals surface area contributed by atoms with E-state index in [1.807, 2.05) is 29.8 Å². The molecule has 0 amide bonds. The lowest BCUT2D eigenvalue weighted by Gasteiger charge is -2.32. The number of thiazole rings is 1. The van der Waals surface area contributed by atoms with Gasteiger partial charge in [-0.25, -0.2) is 9.78 Å². The molecule has 2 heterocycles. The van der Waals surface area contributed by atoms with E-state index in [1.54, 1.807) is 17.4 Å². The first kappa shape index (κ1) is 14.2. The number of hydrogen-bond donors (Lipinski definition) is 1. The molecule has 0 aliphatic carbocycles. The smallest absolute Gasteiger partial charge is 0.335 e. The predicted octanol–water partition coefficient (Wildman–Crippen LogP) is 3.22. The number of aromatic nitrogens is 1. The van der Waals surface area contributed by atoms with Crippen LogP contribution in [0, 0.1) is 0 Å². The molecule has 5 heteroatoms. The van der Waals surface area contributed by atoms with Gasteiger partial charge in [0.2, 0.25) is 0 Å². The summed E-state index contributed by atoms with van der Waals surface area (Å²) in [6, 6.07) is 7.37. The van der Waals surface area contributed by atoms with E-state index in [2.05, 4.69) is 9.88 Å². The van der Waals surface area contributed by atoms with Gasteiger partial charge in [0, 0.05) is 18.1 Å². The fourth-order valence-corrected chi connectivity index (χ4v) is 3.58. The number of likely N-dealkylation sites (tertiary alicyclic amines) is 1. The third kappa shape index (κ3) is 3.49. The van der Waals surface area contributed by atoms with Crippen LogP contribution in [-0.4, -0.2) is 34.0 Å². The van der Waals surface area contributed by atoms with Crippen molar-refractivity contribution < 1.29 is 9.90 Å². The van der Waals surface area contributed by atoms with Gasteiger partial charge in [0.15, 0.2) is 0 Å². The molecule has 1 N–H and O–H groups in total. The summed E-state index contributed by atoms with van der Waals surface area (Å²) in [5, 5.41) is 12.3. The Bertz CT molecular complexity index is 612. The Morgan fingerprint density at radius 3 is 3.14 bits per heavy atom. The van der Waals surface area contributed by atoms with Crippen LogP contribution in [0.15, 0.2) is 35.8 Å². The molecule has 0 radical (unpaired) electrons. The van der Waals surface area contributed by atoms with Crippen molar-refractivity contribution in [2.45, 2.75) is 25.3 Å². The molecule has 1 saturated heterocycles. The van der Waals surface area contributed by atoms with E-state index in [-0.39, 0.29) is 0 Å². The molecule has 1 fully saturated rings. The van der Waals surface area contributed by atoms with Crippen LogP contribution < -0.4 is 0 Å². The van der Waals surface area contributed by atoms with Crippen LogP contribution >= 0.6 is 11.3 Å². The van der Waals surface area contributed by atoms with Crippen LogP contribution in [0.25, 0.3) is 0 Å². The third-order valence-electron chi connectivity index (χ3n) is 3.95. The van der Waals surface area contributed by atoms with Crippen molar-refractivity contribution in [1.29, 1.82) is 0 Å². The standard InChI is InChI=1S/C16H18N2O2S/c19-16(20)13-4-1-3-12(9-13)14-5-2-7-18(10-14)11-15-17-6-8-21-15/h1,3-4,6,8-9,14H,2,5,7,10-11H2,(H,19,20)/t14-/m1/s1. The topological polar surface area (TPSA) is 53.4 Å². The molecule has 1 aromatic carbocycles. The van der Waals surface area contributed by atoms with Crippen LogP contribution in [-0.2, 0) is 6.54 Å². The molecule has 0 spiro atoms. The van der Waals surface area contributed by atoms with Crippen LogP contribution in [0.5, 0.6) is 0 Å². The summed E-state index contributed by atoms with van der Waals surface area (Å²) < 4.78 is 0. The number of carbonyl (C=O) groups is 1. The minimum absolute atomic E-state index is 0.379. The van der Waals surface area contributed by atoms with Gasteiger partial charge in [0.05, 0.1) is 12.1 Å². The highest BCUT2D eigenvalue weighted by Gasteiger charge is 2.22. The first-order valence-electron chi connectivity index (χ1n) is 7.16. The number of piperidine rings is 1. The van der Waals surface area contributed by atoms with E-state index in [0.717, 1.165) is 43.0 Å². The maximum Gasteiger partial charge on any atom is 0.335 e. The van der Waals surface area contributed by atoms with Gasteiger partial charge in [0.25, 0.3) is 0 Å². The highest BCUT2D eigenvalue weighted by molar-refractivity contribution is 7.09. The molecule has 1 aromatic heterocycles. The van der Waals surface area contributed by atoms with E-state index in [1.165, 1.54) is 0 Å². The largest absolute Gasteiger partial charge is 0.478 e. The van der Waals surface area contributed by atoms with Crippen molar-refractivity contribution in [3.8, 4) is 0 Å². The molecule has 1 aliphatic heterocycles. The molecule has 21 heavy (non-hydrogen) atoms. The molecular weight excluding hydrogens is 284 g/mol. The first-order chi connectivity index (χ1) is 10.2. The van der Waals surface area contributed by atoms with Gasteiger partial charge in [-0.1, -0.05) is 12.1 Å². The van der Waals surface area contributed by atoms with E-state index in [0.29, 0.717) is 11.5 Å². The predicted molar refractivity (Wildman–Crippen MR) is 82.8 cm³/mol. The Kier molecular flexibility index (Phi) is 4.31. The summed E-state index contributed by atoms with van der Waals surface area (Å²) in [5.41, 5.74) is 1.52. The molecule has 4 nitrogen and oxygen atoms in total. The van der Waals surface area contributed by atoms with Crippen molar-refractivity contribution >= 4 is 17.3 Å². The lowest BCUT2D eigenvalue weighted by atomic mass is 9.90. The average Bonchev–Trinajstić information content (AvgIpc) is 3.00. The Morgan fingerprint density at radius 1 is 1.48 bits per heavy atom. The van der Waals surface area contributed by atoms with Gasteiger partial charge in [-0.2, -0.15) is 0 Å². The van der Waals surface area contributed by atoms with Crippen LogP contribution in [0.1, 0.15) is 39.7 Å². The normalized spacial score (nSPS) is 19.5. The molecule has 0 unspecified atom stereocenters. The number of benzene rings is 1. The maximum absolute atomic E-state index is 11.1. The Hall–Kier alpha value is -1.72. The fraction of sp³-hybridized carbons (Fsp3) is 0.375. The molecule has 2 aromatic rings. The lowest BCUT2D eigenvalue weighted by Crippen LogP contribution is -2.33. The summed E-state index contributed by atoms with van der Waals surface area (Å²) >= 11 is 1.69. The maximum atomic E-state index is 11.1.